The number of aryl methyl sites for hydroxylation is 2. The highest BCUT2D eigenvalue weighted by Gasteiger charge is 2.15. The van der Waals surface area contributed by atoms with E-state index in [-0.39, 0.29) is 12.6 Å². The molecule has 0 aliphatic carbocycles. The van der Waals surface area contributed by atoms with Gasteiger partial charge < -0.3 is 24.5 Å². The van der Waals surface area contributed by atoms with E-state index in [4.69, 9.17) is 9.15 Å². The number of urea groups is 1. The van der Waals surface area contributed by atoms with Crippen molar-refractivity contribution in [3.05, 3.63) is 53.0 Å². The van der Waals surface area contributed by atoms with Gasteiger partial charge in [0.25, 0.3) is 0 Å². The van der Waals surface area contributed by atoms with Gasteiger partial charge in [-0.15, -0.1) is 0 Å². The predicted molar refractivity (Wildman–Crippen MR) is 91.7 cm³/mol. The maximum absolute atomic E-state index is 11.7. The maximum Gasteiger partial charge on any atom is 0.341 e. The first-order valence-electron chi connectivity index (χ1n) is 7.88. The zero-order chi connectivity index (χ0) is 18.2. The lowest BCUT2D eigenvalue weighted by Gasteiger charge is -2.08. The Morgan fingerprint density at radius 2 is 1.84 bits per heavy atom. The van der Waals surface area contributed by atoms with Gasteiger partial charge in [-0.2, -0.15) is 0 Å². The van der Waals surface area contributed by atoms with E-state index in [1.54, 1.807) is 13.0 Å². The fourth-order valence-corrected chi connectivity index (χ4v) is 2.14. The molecule has 1 aromatic heterocycles. The standard InChI is InChI=1S/C18H22N2O5/c1-12-4-6-14(7-5-12)24-9-8-19-18(22)20-11-15-10-16(13(2)25-15)17(21)23-3/h4-7,10H,8-9,11H2,1-3H3,(H2,19,20,22). The van der Waals surface area contributed by atoms with Crippen LogP contribution < -0.4 is 15.4 Å². The Labute approximate surface area is 146 Å². The van der Waals surface area contributed by atoms with Crippen molar-refractivity contribution < 1.29 is 23.5 Å². The topological polar surface area (TPSA) is 89.8 Å². The van der Waals surface area contributed by atoms with Crippen LogP contribution in [-0.4, -0.2) is 32.3 Å². The first kappa shape index (κ1) is 18.4. The van der Waals surface area contributed by atoms with Gasteiger partial charge in [0.05, 0.1) is 20.2 Å². The van der Waals surface area contributed by atoms with Crippen LogP contribution in [0.5, 0.6) is 5.75 Å². The van der Waals surface area contributed by atoms with E-state index in [1.165, 1.54) is 7.11 Å². The molecule has 25 heavy (non-hydrogen) atoms. The molecule has 0 aliphatic rings. The summed E-state index contributed by atoms with van der Waals surface area (Å²) < 4.78 is 15.6. The number of ether oxygens (including phenoxy) is 2. The summed E-state index contributed by atoms with van der Waals surface area (Å²) in [5, 5.41) is 5.33. The molecule has 0 fully saturated rings. The van der Waals surface area contributed by atoms with Gasteiger partial charge in [0, 0.05) is 0 Å². The third-order valence-electron chi connectivity index (χ3n) is 3.47. The predicted octanol–water partition coefficient (Wildman–Crippen LogP) is 2.56. The van der Waals surface area contributed by atoms with Crippen molar-refractivity contribution in [2.24, 2.45) is 0 Å². The van der Waals surface area contributed by atoms with Crippen molar-refractivity contribution in [1.29, 1.82) is 0 Å². The molecule has 0 unspecified atom stereocenters. The van der Waals surface area contributed by atoms with Crippen molar-refractivity contribution >= 4 is 12.0 Å². The molecule has 0 spiro atoms. The van der Waals surface area contributed by atoms with Gasteiger partial charge >= 0.3 is 12.0 Å². The second-order valence-electron chi connectivity index (χ2n) is 5.45. The summed E-state index contributed by atoms with van der Waals surface area (Å²) in [6, 6.07) is 8.90. The lowest BCUT2D eigenvalue weighted by atomic mass is 10.2. The van der Waals surface area contributed by atoms with Gasteiger partial charge in [-0.1, -0.05) is 17.7 Å². The minimum absolute atomic E-state index is 0.169. The average molecular weight is 346 g/mol. The van der Waals surface area contributed by atoms with Crippen molar-refractivity contribution in [3.63, 3.8) is 0 Å². The minimum Gasteiger partial charge on any atom is -0.492 e. The average Bonchev–Trinajstić information content (AvgIpc) is 2.98. The maximum atomic E-state index is 11.7. The molecule has 7 nitrogen and oxygen atoms in total. The van der Waals surface area contributed by atoms with E-state index in [2.05, 4.69) is 15.4 Å². The van der Waals surface area contributed by atoms with Crippen molar-refractivity contribution in [1.82, 2.24) is 10.6 Å². The molecular formula is C18H22N2O5. The molecule has 0 atom stereocenters. The number of methoxy groups -OCH3 is 1. The van der Waals surface area contributed by atoms with E-state index >= 15 is 0 Å². The molecule has 2 N–H and O–H groups in total. The van der Waals surface area contributed by atoms with Crippen LogP contribution in [0.25, 0.3) is 0 Å². The summed E-state index contributed by atoms with van der Waals surface area (Å²) in [5.74, 6) is 1.22. The smallest absolute Gasteiger partial charge is 0.341 e. The van der Waals surface area contributed by atoms with Gasteiger partial charge in [-0.3, -0.25) is 0 Å². The molecule has 0 saturated heterocycles. The number of rotatable bonds is 7. The Balaban J connectivity index is 1.68. The van der Waals surface area contributed by atoms with Crippen LogP contribution in [0.1, 0.15) is 27.4 Å². The van der Waals surface area contributed by atoms with Crippen LogP contribution in [0.2, 0.25) is 0 Å². The highest BCUT2D eigenvalue weighted by atomic mass is 16.5. The summed E-state index contributed by atoms with van der Waals surface area (Å²) >= 11 is 0. The lowest BCUT2D eigenvalue weighted by Crippen LogP contribution is -2.37. The highest BCUT2D eigenvalue weighted by Crippen LogP contribution is 2.15. The molecule has 2 rings (SSSR count). The third-order valence-corrected chi connectivity index (χ3v) is 3.47. The number of furan rings is 1. The van der Waals surface area contributed by atoms with Crippen LogP contribution in [-0.2, 0) is 11.3 Å². The van der Waals surface area contributed by atoms with Crippen molar-refractivity contribution in [3.8, 4) is 5.75 Å². The van der Waals surface area contributed by atoms with Crippen LogP contribution in [0.3, 0.4) is 0 Å². The number of carbonyl (C=O) groups excluding carboxylic acids is 2. The molecule has 0 bridgehead atoms. The summed E-state index contributed by atoms with van der Waals surface area (Å²) in [4.78, 5) is 23.2. The highest BCUT2D eigenvalue weighted by molar-refractivity contribution is 5.90. The first-order chi connectivity index (χ1) is 12.0. The van der Waals surface area contributed by atoms with E-state index in [9.17, 15) is 9.59 Å². The molecule has 134 valence electrons. The number of esters is 1. The van der Waals surface area contributed by atoms with Gasteiger partial charge in [0.15, 0.2) is 0 Å². The van der Waals surface area contributed by atoms with E-state index in [1.807, 2.05) is 31.2 Å². The minimum atomic E-state index is -0.467. The summed E-state index contributed by atoms with van der Waals surface area (Å²) in [7, 11) is 1.30. The first-order valence-corrected chi connectivity index (χ1v) is 7.88. The van der Waals surface area contributed by atoms with E-state index in [0.29, 0.717) is 30.2 Å². The zero-order valence-electron chi connectivity index (χ0n) is 14.5. The SMILES string of the molecule is COC(=O)c1cc(CNC(=O)NCCOc2ccc(C)cc2)oc1C. The normalized spacial score (nSPS) is 10.2. The van der Waals surface area contributed by atoms with E-state index in [0.717, 1.165) is 11.3 Å². The zero-order valence-corrected chi connectivity index (χ0v) is 14.5. The van der Waals surface area contributed by atoms with Gasteiger partial charge in [0.1, 0.15) is 29.4 Å². The van der Waals surface area contributed by atoms with Crippen molar-refractivity contribution in [2.75, 3.05) is 20.3 Å². The summed E-state index contributed by atoms with van der Waals surface area (Å²) in [6.45, 7) is 4.57. The number of carbonyl (C=O) groups is 2. The lowest BCUT2D eigenvalue weighted by molar-refractivity contribution is 0.0598. The molecule has 0 aliphatic heterocycles. The second kappa shape index (κ2) is 8.77. The molecule has 0 radical (unpaired) electrons. The van der Waals surface area contributed by atoms with E-state index < -0.39 is 5.97 Å². The third kappa shape index (κ3) is 5.56. The van der Waals surface area contributed by atoms with Crippen LogP contribution in [0.15, 0.2) is 34.7 Å². The van der Waals surface area contributed by atoms with Gasteiger partial charge in [-0.05, 0) is 32.0 Å². The molecule has 0 saturated carbocycles. The fourth-order valence-electron chi connectivity index (χ4n) is 2.14. The van der Waals surface area contributed by atoms with Crippen LogP contribution in [0.4, 0.5) is 4.79 Å². The van der Waals surface area contributed by atoms with Gasteiger partial charge in [-0.25, -0.2) is 9.59 Å². The Morgan fingerprint density at radius 3 is 2.52 bits per heavy atom. The number of hydrogen-bond acceptors (Lipinski definition) is 5. The van der Waals surface area contributed by atoms with Crippen molar-refractivity contribution in [2.45, 2.75) is 20.4 Å². The van der Waals surface area contributed by atoms with Crippen LogP contribution >= 0.6 is 0 Å². The largest absolute Gasteiger partial charge is 0.492 e. The van der Waals surface area contributed by atoms with Gasteiger partial charge in [0.2, 0.25) is 0 Å². The Hall–Kier alpha value is -2.96. The molecule has 7 heteroatoms. The molecule has 2 amide bonds. The monoisotopic (exact) mass is 346 g/mol. The Bertz CT molecular complexity index is 722. The van der Waals surface area contributed by atoms with Crippen LogP contribution in [0, 0.1) is 13.8 Å². The summed E-state index contributed by atoms with van der Waals surface area (Å²) in [6.07, 6.45) is 0. The fraction of sp³-hybridized carbons (Fsp3) is 0.333. The molecule has 2 aromatic rings. The second-order valence-corrected chi connectivity index (χ2v) is 5.45. The molecule has 1 heterocycles. The molecule has 1 aromatic carbocycles. The number of hydrogen-bond donors (Lipinski definition) is 2. The number of benzene rings is 1. The molecular weight excluding hydrogens is 324 g/mol. The number of nitrogens with one attached hydrogen (secondary N) is 2. The quantitative estimate of drug-likeness (QED) is 0.594. The summed E-state index contributed by atoms with van der Waals surface area (Å²) in [5.41, 5.74) is 1.51. The Morgan fingerprint density at radius 1 is 1.12 bits per heavy atom. The number of amides is 2. The Kier molecular flexibility index (Phi) is 6.45.